The Morgan fingerprint density at radius 3 is 2.86 bits per heavy atom. The summed E-state index contributed by atoms with van der Waals surface area (Å²) < 4.78 is 7.06. The van der Waals surface area contributed by atoms with Crippen molar-refractivity contribution in [2.45, 2.75) is 52.1 Å². The number of rotatable bonds is 7. The Balaban J connectivity index is 1.30. The number of aryl methyl sites for hydroxylation is 1. The van der Waals surface area contributed by atoms with Gasteiger partial charge in [0.05, 0.1) is 18.4 Å². The zero-order valence-electron chi connectivity index (χ0n) is 16.4. The van der Waals surface area contributed by atoms with E-state index in [0.29, 0.717) is 18.9 Å². The summed E-state index contributed by atoms with van der Waals surface area (Å²) in [7, 11) is 0. The van der Waals surface area contributed by atoms with Crippen LogP contribution in [0.3, 0.4) is 0 Å². The lowest BCUT2D eigenvalue weighted by Crippen LogP contribution is -2.38. The summed E-state index contributed by atoms with van der Waals surface area (Å²) in [6.45, 7) is 4.73. The minimum Gasteiger partial charge on any atom is -0.465 e. The number of hydrogen-bond donors (Lipinski definition) is 1. The molecule has 3 heterocycles. The van der Waals surface area contributed by atoms with Crippen molar-refractivity contribution < 1.29 is 9.21 Å². The van der Waals surface area contributed by atoms with Crippen LogP contribution in [0.1, 0.15) is 43.6 Å². The van der Waals surface area contributed by atoms with Crippen LogP contribution in [-0.2, 0) is 17.9 Å². The molecule has 1 unspecified atom stereocenters. The predicted octanol–water partition coefficient (Wildman–Crippen LogP) is 2.48. The van der Waals surface area contributed by atoms with Gasteiger partial charge in [0.15, 0.2) is 0 Å². The number of aromatic nitrogens is 2. The Hall–Kier alpha value is -2.57. The second-order valence-corrected chi connectivity index (χ2v) is 8.12. The van der Waals surface area contributed by atoms with Crippen molar-refractivity contribution in [3.05, 3.63) is 46.3 Å². The summed E-state index contributed by atoms with van der Waals surface area (Å²) >= 11 is 0. The molecule has 1 aliphatic heterocycles. The second kappa shape index (κ2) is 8.20. The maximum absolute atomic E-state index is 12.3. The normalized spacial score (nSPS) is 19.6. The largest absolute Gasteiger partial charge is 0.465 e. The molecule has 2 aromatic heterocycles. The van der Waals surface area contributed by atoms with Gasteiger partial charge in [-0.2, -0.15) is 5.10 Å². The van der Waals surface area contributed by atoms with Gasteiger partial charge >= 0.3 is 0 Å². The fourth-order valence-electron chi connectivity index (χ4n) is 3.85. The van der Waals surface area contributed by atoms with Crippen molar-refractivity contribution in [3.8, 4) is 0 Å². The van der Waals surface area contributed by atoms with E-state index in [4.69, 9.17) is 4.42 Å². The van der Waals surface area contributed by atoms with Crippen LogP contribution in [0, 0.1) is 18.8 Å². The predicted molar refractivity (Wildman–Crippen MR) is 106 cm³/mol. The zero-order valence-corrected chi connectivity index (χ0v) is 16.4. The van der Waals surface area contributed by atoms with Crippen LogP contribution in [0.25, 0.3) is 0 Å². The molecule has 1 saturated carbocycles. The lowest BCUT2D eigenvalue weighted by atomic mass is 9.94. The monoisotopic (exact) mass is 384 g/mol. The average molecular weight is 384 g/mol. The van der Waals surface area contributed by atoms with Gasteiger partial charge < -0.3 is 14.6 Å². The topological polar surface area (TPSA) is 80.4 Å². The number of carbonyl (C=O) groups is 1. The molecule has 0 spiro atoms. The van der Waals surface area contributed by atoms with E-state index in [1.807, 2.05) is 19.1 Å². The number of nitrogens with one attached hydrogen (secondary N) is 1. The summed E-state index contributed by atoms with van der Waals surface area (Å²) in [6, 6.07) is 5.47. The van der Waals surface area contributed by atoms with Crippen molar-refractivity contribution in [1.29, 1.82) is 0 Å². The molecule has 7 heteroatoms. The number of piperidine rings is 1. The first kappa shape index (κ1) is 18.8. The van der Waals surface area contributed by atoms with Gasteiger partial charge in [0, 0.05) is 32.1 Å². The molecule has 4 rings (SSSR count). The van der Waals surface area contributed by atoms with E-state index in [1.54, 1.807) is 16.9 Å². The second-order valence-electron chi connectivity index (χ2n) is 8.12. The number of furan rings is 1. The van der Waals surface area contributed by atoms with Crippen molar-refractivity contribution in [1.82, 2.24) is 15.1 Å². The molecule has 0 aromatic carbocycles. The number of anilines is 1. The van der Waals surface area contributed by atoms with Gasteiger partial charge in [-0.15, -0.1) is 0 Å². The lowest BCUT2D eigenvalue weighted by molar-refractivity contribution is -0.122. The van der Waals surface area contributed by atoms with Crippen LogP contribution in [0.4, 0.5) is 5.69 Å². The third-order valence-corrected chi connectivity index (χ3v) is 5.60. The van der Waals surface area contributed by atoms with E-state index in [2.05, 4.69) is 15.3 Å². The Bertz CT molecular complexity index is 884. The molecular formula is C21H28N4O3. The highest BCUT2D eigenvalue weighted by molar-refractivity contribution is 5.76. The SMILES string of the molecule is Cc1ccc(CNC(=O)CC2CCCN(c3cnn(CC4CC4)c(=O)c3)C2)o1. The Morgan fingerprint density at radius 2 is 2.14 bits per heavy atom. The Morgan fingerprint density at radius 1 is 1.29 bits per heavy atom. The summed E-state index contributed by atoms with van der Waals surface area (Å²) in [5.41, 5.74) is 0.839. The average Bonchev–Trinajstić information content (AvgIpc) is 3.40. The number of amides is 1. The smallest absolute Gasteiger partial charge is 0.268 e. The molecule has 1 atom stereocenters. The van der Waals surface area contributed by atoms with Gasteiger partial charge in [-0.1, -0.05) is 0 Å². The molecular weight excluding hydrogens is 356 g/mol. The van der Waals surface area contributed by atoms with Crippen molar-refractivity contribution in [2.75, 3.05) is 18.0 Å². The van der Waals surface area contributed by atoms with Crippen molar-refractivity contribution in [3.63, 3.8) is 0 Å². The molecule has 2 aliphatic rings. The van der Waals surface area contributed by atoms with Crippen LogP contribution >= 0.6 is 0 Å². The van der Waals surface area contributed by atoms with E-state index in [-0.39, 0.29) is 17.4 Å². The summed E-state index contributed by atoms with van der Waals surface area (Å²) in [5, 5.41) is 7.30. The van der Waals surface area contributed by atoms with Crippen molar-refractivity contribution in [2.24, 2.45) is 11.8 Å². The first-order valence-electron chi connectivity index (χ1n) is 10.2. The first-order valence-corrected chi connectivity index (χ1v) is 10.2. The van der Waals surface area contributed by atoms with Gasteiger partial charge in [-0.05, 0) is 56.6 Å². The fourth-order valence-corrected chi connectivity index (χ4v) is 3.85. The van der Waals surface area contributed by atoms with Gasteiger partial charge in [0.1, 0.15) is 11.5 Å². The van der Waals surface area contributed by atoms with Crippen LogP contribution in [-0.4, -0.2) is 28.8 Å². The molecule has 2 fully saturated rings. The summed E-state index contributed by atoms with van der Waals surface area (Å²) in [5.74, 6) is 2.56. The van der Waals surface area contributed by atoms with Gasteiger partial charge in [-0.3, -0.25) is 9.59 Å². The van der Waals surface area contributed by atoms with Gasteiger partial charge in [-0.25, -0.2) is 4.68 Å². The molecule has 1 saturated heterocycles. The lowest BCUT2D eigenvalue weighted by Gasteiger charge is -2.34. The van der Waals surface area contributed by atoms with Crippen LogP contribution < -0.4 is 15.8 Å². The van der Waals surface area contributed by atoms with Crippen molar-refractivity contribution >= 4 is 11.6 Å². The summed E-state index contributed by atoms with van der Waals surface area (Å²) in [4.78, 5) is 26.8. The molecule has 150 valence electrons. The molecule has 1 N–H and O–H groups in total. The van der Waals surface area contributed by atoms with E-state index < -0.39 is 0 Å². The Kier molecular flexibility index (Phi) is 5.50. The zero-order chi connectivity index (χ0) is 19.5. The molecule has 28 heavy (non-hydrogen) atoms. The van der Waals surface area contributed by atoms with E-state index in [9.17, 15) is 9.59 Å². The maximum atomic E-state index is 12.3. The third-order valence-electron chi connectivity index (χ3n) is 5.60. The highest BCUT2D eigenvalue weighted by Gasteiger charge is 2.25. The minimum atomic E-state index is -0.0296. The van der Waals surface area contributed by atoms with Crippen LogP contribution in [0.15, 0.2) is 33.6 Å². The maximum Gasteiger partial charge on any atom is 0.268 e. The number of nitrogens with zero attached hydrogens (tertiary/aromatic N) is 3. The van der Waals surface area contributed by atoms with Crippen LogP contribution in [0.5, 0.6) is 0 Å². The van der Waals surface area contributed by atoms with Gasteiger partial charge in [0.25, 0.3) is 5.56 Å². The van der Waals surface area contributed by atoms with E-state index >= 15 is 0 Å². The van der Waals surface area contributed by atoms with Crippen LogP contribution in [0.2, 0.25) is 0 Å². The molecule has 1 amide bonds. The van der Waals surface area contributed by atoms with E-state index in [0.717, 1.165) is 49.7 Å². The number of carbonyl (C=O) groups excluding carboxylic acids is 1. The molecule has 1 aliphatic carbocycles. The number of hydrogen-bond acceptors (Lipinski definition) is 5. The molecule has 0 radical (unpaired) electrons. The third kappa shape index (κ3) is 4.82. The molecule has 0 bridgehead atoms. The quantitative estimate of drug-likeness (QED) is 0.793. The standard InChI is InChI=1S/C21H28N4O3/c1-15-4-7-19(28-15)12-22-20(26)9-17-3-2-8-24(13-17)18-10-21(27)25(23-11-18)14-16-5-6-16/h4,7,10-11,16-17H,2-3,5-6,8-9,12-14H2,1H3,(H,22,26). The molecule has 2 aromatic rings. The minimum absolute atomic E-state index is 0.0296. The highest BCUT2D eigenvalue weighted by Crippen LogP contribution is 2.30. The molecule has 7 nitrogen and oxygen atoms in total. The first-order chi connectivity index (χ1) is 13.6. The summed E-state index contributed by atoms with van der Waals surface area (Å²) in [6.07, 6.45) is 6.72. The highest BCUT2D eigenvalue weighted by atomic mass is 16.3. The Labute approximate surface area is 164 Å². The fraction of sp³-hybridized carbons (Fsp3) is 0.571. The van der Waals surface area contributed by atoms with Gasteiger partial charge in [0.2, 0.25) is 5.91 Å². The van der Waals surface area contributed by atoms with E-state index in [1.165, 1.54) is 12.8 Å².